The molecule has 38 heavy (non-hydrogen) atoms. The van der Waals surface area contributed by atoms with Gasteiger partial charge >= 0.3 is 0 Å². The highest BCUT2D eigenvalue weighted by atomic mass is 32.2. The molecule has 0 fully saturated rings. The van der Waals surface area contributed by atoms with Crippen molar-refractivity contribution in [2.45, 2.75) is 18.0 Å². The molecule has 4 aromatic rings. The summed E-state index contributed by atoms with van der Waals surface area (Å²) in [6, 6.07) is 28.6. The summed E-state index contributed by atoms with van der Waals surface area (Å²) in [6.07, 6.45) is 1.86. The second-order valence-electron chi connectivity index (χ2n) is 8.72. The molecule has 4 aromatic carbocycles. The normalized spacial score (nSPS) is 13.8. The number of amides is 2. The third kappa shape index (κ3) is 5.63. The van der Waals surface area contributed by atoms with Crippen molar-refractivity contribution in [3.63, 3.8) is 0 Å². The number of hydrogen-bond acceptors (Lipinski definition) is 4. The summed E-state index contributed by atoms with van der Waals surface area (Å²) >= 11 is 1.37. The van der Waals surface area contributed by atoms with Crippen LogP contribution in [0.1, 0.15) is 27.0 Å². The zero-order chi connectivity index (χ0) is 26.5. The first-order chi connectivity index (χ1) is 18.5. The van der Waals surface area contributed by atoms with Crippen molar-refractivity contribution >= 4 is 35.3 Å². The van der Waals surface area contributed by atoms with Crippen LogP contribution in [0.2, 0.25) is 0 Å². The SMILES string of the molecule is COc1ccccc1CNC(=O)c1ccc2c(c1)N(Cc1ccc(F)cc1)C(=O)C(=Cc1ccccc1)S2. The smallest absolute Gasteiger partial charge is 0.265 e. The van der Waals surface area contributed by atoms with Crippen molar-refractivity contribution < 1.29 is 18.7 Å². The first-order valence-corrected chi connectivity index (χ1v) is 12.9. The maximum Gasteiger partial charge on any atom is 0.265 e. The van der Waals surface area contributed by atoms with Crippen LogP contribution in [-0.2, 0) is 17.9 Å². The van der Waals surface area contributed by atoms with Crippen LogP contribution in [0.5, 0.6) is 5.75 Å². The van der Waals surface area contributed by atoms with Gasteiger partial charge in [0, 0.05) is 22.6 Å². The Labute approximate surface area is 224 Å². The summed E-state index contributed by atoms with van der Waals surface area (Å²) in [5.41, 5.74) is 3.63. The fourth-order valence-electron chi connectivity index (χ4n) is 4.21. The van der Waals surface area contributed by atoms with E-state index in [1.807, 2.05) is 66.7 Å². The van der Waals surface area contributed by atoms with Gasteiger partial charge in [-0.3, -0.25) is 9.59 Å². The summed E-state index contributed by atoms with van der Waals surface area (Å²) in [6.45, 7) is 0.544. The van der Waals surface area contributed by atoms with Gasteiger partial charge in [-0.25, -0.2) is 4.39 Å². The number of methoxy groups -OCH3 is 1. The van der Waals surface area contributed by atoms with Gasteiger partial charge in [0.1, 0.15) is 11.6 Å². The highest BCUT2D eigenvalue weighted by Gasteiger charge is 2.30. The second kappa shape index (κ2) is 11.4. The summed E-state index contributed by atoms with van der Waals surface area (Å²) in [5.74, 6) is -0.0810. The van der Waals surface area contributed by atoms with E-state index in [0.717, 1.165) is 21.6 Å². The van der Waals surface area contributed by atoms with Gasteiger partial charge in [0.05, 0.1) is 24.2 Å². The Hall–Kier alpha value is -4.36. The van der Waals surface area contributed by atoms with E-state index < -0.39 is 0 Å². The van der Waals surface area contributed by atoms with E-state index in [0.29, 0.717) is 28.5 Å². The molecule has 0 atom stereocenters. The van der Waals surface area contributed by atoms with Gasteiger partial charge in [-0.1, -0.05) is 72.4 Å². The number of carbonyl (C=O) groups is 2. The number of rotatable bonds is 7. The minimum absolute atomic E-state index is 0.178. The van der Waals surface area contributed by atoms with Crippen LogP contribution in [0, 0.1) is 5.82 Å². The standard InChI is InChI=1S/C31H25FN2O3S/c1-37-27-10-6-5-9-24(27)19-33-30(35)23-13-16-28-26(18-23)34(20-22-11-14-25(32)15-12-22)31(36)29(38-28)17-21-7-3-2-4-8-21/h2-18H,19-20H2,1H3,(H,33,35). The third-order valence-corrected chi connectivity index (χ3v) is 7.25. The van der Waals surface area contributed by atoms with Gasteiger partial charge in [0.25, 0.3) is 11.8 Å². The Kier molecular flexibility index (Phi) is 7.56. The van der Waals surface area contributed by atoms with Crippen molar-refractivity contribution in [2.24, 2.45) is 0 Å². The molecule has 0 aromatic heterocycles. The van der Waals surface area contributed by atoms with E-state index in [1.165, 1.54) is 23.9 Å². The maximum atomic E-state index is 13.7. The molecule has 0 aliphatic carbocycles. The molecule has 1 aliphatic rings. The number of nitrogens with one attached hydrogen (secondary N) is 1. The average Bonchev–Trinajstić information content (AvgIpc) is 2.95. The highest BCUT2D eigenvalue weighted by molar-refractivity contribution is 8.04. The largest absolute Gasteiger partial charge is 0.496 e. The molecular formula is C31H25FN2O3S. The Bertz CT molecular complexity index is 1500. The minimum atomic E-state index is -0.339. The molecule has 5 nitrogen and oxygen atoms in total. The lowest BCUT2D eigenvalue weighted by molar-refractivity contribution is -0.114. The second-order valence-corrected chi connectivity index (χ2v) is 9.80. The lowest BCUT2D eigenvalue weighted by Gasteiger charge is -2.31. The zero-order valence-electron chi connectivity index (χ0n) is 20.7. The molecule has 2 amide bonds. The van der Waals surface area contributed by atoms with E-state index in [4.69, 9.17) is 4.74 Å². The number of anilines is 1. The molecule has 0 unspecified atom stereocenters. The van der Waals surface area contributed by atoms with Crippen molar-refractivity contribution in [2.75, 3.05) is 12.0 Å². The van der Waals surface area contributed by atoms with Crippen LogP contribution >= 0.6 is 11.8 Å². The number of halogens is 1. The van der Waals surface area contributed by atoms with Crippen LogP contribution in [-0.4, -0.2) is 18.9 Å². The van der Waals surface area contributed by atoms with Gasteiger partial charge in [-0.15, -0.1) is 0 Å². The Morgan fingerprint density at radius 1 is 0.974 bits per heavy atom. The van der Waals surface area contributed by atoms with Crippen molar-refractivity contribution in [3.05, 3.63) is 130 Å². The predicted molar refractivity (Wildman–Crippen MR) is 148 cm³/mol. The summed E-state index contributed by atoms with van der Waals surface area (Å²) in [5, 5.41) is 2.94. The molecule has 5 rings (SSSR count). The van der Waals surface area contributed by atoms with Gasteiger partial charge in [0.15, 0.2) is 0 Å². The zero-order valence-corrected chi connectivity index (χ0v) is 21.5. The number of nitrogens with zero attached hydrogens (tertiary/aromatic N) is 1. The van der Waals surface area contributed by atoms with E-state index in [1.54, 1.807) is 36.3 Å². The fourth-order valence-corrected chi connectivity index (χ4v) is 5.25. The molecule has 1 N–H and O–H groups in total. The maximum absolute atomic E-state index is 13.7. The Morgan fingerprint density at radius 2 is 1.71 bits per heavy atom. The molecule has 0 saturated heterocycles. The highest BCUT2D eigenvalue weighted by Crippen LogP contribution is 2.43. The molecule has 1 heterocycles. The van der Waals surface area contributed by atoms with E-state index in [2.05, 4.69) is 5.32 Å². The first-order valence-electron chi connectivity index (χ1n) is 12.1. The monoisotopic (exact) mass is 524 g/mol. The first kappa shape index (κ1) is 25.3. The Balaban J connectivity index is 1.45. The molecule has 0 radical (unpaired) electrons. The van der Waals surface area contributed by atoms with E-state index in [-0.39, 0.29) is 24.2 Å². The number of benzene rings is 4. The lowest BCUT2D eigenvalue weighted by atomic mass is 10.1. The fraction of sp³-hybridized carbons (Fsp3) is 0.0968. The number of ether oxygens (including phenoxy) is 1. The predicted octanol–water partition coefficient (Wildman–Crippen LogP) is 6.44. The van der Waals surface area contributed by atoms with Gasteiger partial charge < -0.3 is 15.0 Å². The summed E-state index contributed by atoms with van der Waals surface area (Å²) in [7, 11) is 1.59. The van der Waals surface area contributed by atoms with Gasteiger partial charge in [0.2, 0.25) is 0 Å². The van der Waals surface area contributed by atoms with Crippen LogP contribution in [0.4, 0.5) is 10.1 Å². The van der Waals surface area contributed by atoms with Gasteiger partial charge in [-0.05, 0) is 53.6 Å². The Morgan fingerprint density at radius 3 is 2.47 bits per heavy atom. The van der Waals surface area contributed by atoms with Crippen LogP contribution < -0.4 is 15.0 Å². The molecular weight excluding hydrogens is 499 g/mol. The number of fused-ring (bicyclic) bond motifs is 1. The summed E-state index contributed by atoms with van der Waals surface area (Å²) < 4.78 is 18.9. The van der Waals surface area contributed by atoms with Crippen molar-refractivity contribution in [1.82, 2.24) is 5.32 Å². The lowest BCUT2D eigenvalue weighted by Crippen LogP contribution is -2.34. The summed E-state index contributed by atoms with van der Waals surface area (Å²) in [4.78, 5) is 29.8. The van der Waals surface area contributed by atoms with E-state index in [9.17, 15) is 14.0 Å². The molecule has 0 bridgehead atoms. The molecule has 190 valence electrons. The molecule has 0 spiro atoms. The quantitative estimate of drug-likeness (QED) is 0.283. The number of thioether (sulfide) groups is 1. The third-order valence-electron chi connectivity index (χ3n) is 6.17. The minimum Gasteiger partial charge on any atom is -0.496 e. The van der Waals surface area contributed by atoms with Crippen LogP contribution in [0.15, 0.2) is 107 Å². The average molecular weight is 525 g/mol. The number of hydrogen-bond donors (Lipinski definition) is 1. The van der Waals surface area contributed by atoms with E-state index >= 15 is 0 Å². The van der Waals surface area contributed by atoms with Crippen molar-refractivity contribution in [1.29, 1.82) is 0 Å². The molecule has 7 heteroatoms. The molecule has 1 aliphatic heterocycles. The molecule has 0 saturated carbocycles. The number of para-hydroxylation sites is 1. The van der Waals surface area contributed by atoms with Crippen LogP contribution in [0.3, 0.4) is 0 Å². The van der Waals surface area contributed by atoms with Gasteiger partial charge in [-0.2, -0.15) is 0 Å². The van der Waals surface area contributed by atoms with Crippen LogP contribution in [0.25, 0.3) is 6.08 Å². The topological polar surface area (TPSA) is 58.6 Å². The van der Waals surface area contributed by atoms with Crippen molar-refractivity contribution in [3.8, 4) is 5.75 Å². The number of carbonyl (C=O) groups excluding carboxylic acids is 2.